The fraction of sp³-hybridized carbons (Fsp3) is 0.318. The van der Waals surface area contributed by atoms with Gasteiger partial charge in [0, 0.05) is 24.2 Å². The van der Waals surface area contributed by atoms with Crippen LogP contribution >= 0.6 is 0 Å². The Balaban J connectivity index is 2.03. The number of nitrogens with zero attached hydrogens (tertiary/aromatic N) is 1. The molecule has 0 aliphatic carbocycles. The standard InChI is InChI=1S/C22H27N3O3/c1-2-3-5-10-21(27)24-19-13-11-18(12-14-19)22(28)25(16-20(23)26)15-17-8-6-4-7-9-17/h4,6-9,11-14H,2-3,5,10,15-16H2,1H3,(H2,23,26)(H,24,27). The Morgan fingerprint density at radius 3 is 2.25 bits per heavy atom. The summed E-state index contributed by atoms with van der Waals surface area (Å²) in [4.78, 5) is 37.5. The molecule has 0 bridgehead atoms. The second-order valence-electron chi connectivity index (χ2n) is 6.70. The van der Waals surface area contributed by atoms with Crippen molar-refractivity contribution in [3.8, 4) is 0 Å². The van der Waals surface area contributed by atoms with E-state index in [1.54, 1.807) is 24.3 Å². The summed E-state index contributed by atoms with van der Waals surface area (Å²) in [6, 6.07) is 16.1. The summed E-state index contributed by atoms with van der Waals surface area (Å²) in [5.74, 6) is -0.893. The average molecular weight is 381 g/mol. The van der Waals surface area contributed by atoms with Gasteiger partial charge in [0.25, 0.3) is 5.91 Å². The van der Waals surface area contributed by atoms with Crippen molar-refractivity contribution in [1.29, 1.82) is 0 Å². The van der Waals surface area contributed by atoms with E-state index in [0.29, 0.717) is 24.2 Å². The monoisotopic (exact) mass is 381 g/mol. The Bertz CT molecular complexity index is 788. The van der Waals surface area contributed by atoms with Crippen LogP contribution < -0.4 is 11.1 Å². The van der Waals surface area contributed by atoms with E-state index in [9.17, 15) is 14.4 Å². The quantitative estimate of drug-likeness (QED) is 0.618. The topological polar surface area (TPSA) is 92.5 Å². The van der Waals surface area contributed by atoms with E-state index < -0.39 is 5.91 Å². The van der Waals surface area contributed by atoms with E-state index in [2.05, 4.69) is 12.2 Å². The summed E-state index contributed by atoms with van der Waals surface area (Å²) in [6.07, 6.45) is 3.44. The highest BCUT2D eigenvalue weighted by atomic mass is 16.2. The number of primary amides is 1. The highest BCUT2D eigenvalue weighted by Crippen LogP contribution is 2.14. The van der Waals surface area contributed by atoms with Gasteiger partial charge in [-0.1, -0.05) is 50.1 Å². The van der Waals surface area contributed by atoms with Crippen molar-refractivity contribution in [2.75, 3.05) is 11.9 Å². The number of benzene rings is 2. The fourth-order valence-corrected chi connectivity index (χ4v) is 2.83. The number of nitrogens with one attached hydrogen (secondary N) is 1. The molecule has 2 aromatic carbocycles. The number of carbonyl (C=O) groups excluding carboxylic acids is 3. The predicted molar refractivity (Wildman–Crippen MR) is 110 cm³/mol. The summed E-state index contributed by atoms with van der Waals surface area (Å²) in [5, 5.41) is 2.83. The van der Waals surface area contributed by atoms with E-state index in [0.717, 1.165) is 24.8 Å². The third-order valence-corrected chi connectivity index (χ3v) is 4.27. The zero-order valence-corrected chi connectivity index (χ0v) is 16.2. The third-order valence-electron chi connectivity index (χ3n) is 4.27. The van der Waals surface area contributed by atoms with Gasteiger partial charge < -0.3 is 16.0 Å². The fourth-order valence-electron chi connectivity index (χ4n) is 2.83. The van der Waals surface area contributed by atoms with Crippen LogP contribution in [0.2, 0.25) is 0 Å². The number of nitrogens with two attached hydrogens (primary N) is 1. The second-order valence-corrected chi connectivity index (χ2v) is 6.70. The molecule has 0 spiro atoms. The smallest absolute Gasteiger partial charge is 0.254 e. The lowest BCUT2D eigenvalue weighted by Crippen LogP contribution is -2.38. The Kier molecular flexibility index (Phi) is 8.21. The van der Waals surface area contributed by atoms with Crippen LogP contribution in [0.25, 0.3) is 0 Å². The zero-order valence-electron chi connectivity index (χ0n) is 16.2. The first kappa shape index (κ1) is 21.2. The van der Waals surface area contributed by atoms with Crippen molar-refractivity contribution >= 4 is 23.4 Å². The van der Waals surface area contributed by atoms with Crippen molar-refractivity contribution in [1.82, 2.24) is 4.90 Å². The van der Waals surface area contributed by atoms with Gasteiger partial charge >= 0.3 is 0 Å². The minimum absolute atomic E-state index is 0.0352. The van der Waals surface area contributed by atoms with Gasteiger partial charge in [-0.3, -0.25) is 14.4 Å². The predicted octanol–water partition coefficient (Wildman–Crippen LogP) is 3.33. The maximum atomic E-state index is 12.8. The van der Waals surface area contributed by atoms with Crippen LogP contribution in [0.4, 0.5) is 5.69 Å². The molecule has 2 rings (SSSR count). The number of hydrogen-bond donors (Lipinski definition) is 2. The van der Waals surface area contributed by atoms with Gasteiger partial charge in [-0.25, -0.2) is 0 Å². The van der Waals surface area contributed by atoms with Crippen LogP contribution in [0.15, 0.2) is 54.6 Å². The van der Waals surface area contributed by atoms with Crippen molar-refractivity contribution in [2.45, 2.75) is 39.2 Å². The molecule has 2 aromatic rings. The van der Waals surface area contributed by atoms with Crippen molar-refractivity contribution < 1.29 is 14.4 Å². The molecule has 0 saturated heterocycles. The molecule has 3 amide bonds. The van der Waals surface area contributed by atoms with Crippen molar-refractivity contribution in [3.63, 3.8) is 0 Å². The molecule has 0 fully saturated rings. The Labute approximate surface area is 165 Å². The molecule has 0 aromatic heterocycles. The van der Waals surface area contributed by atoms with Gasteiger partial charge in [-0.2, -0.15) is 0 Å². The molecule has 3 N–H and O–H groups in total. The van der Waals surface area contributed by atoms with Gasteiger partial charge in [0.2, 0.25) is 11.8 Å². The Morgan fingerprint density at radius 1 is 0.964 bits per heavy atom. The highest BCUT2D eigenvalue weighted by molar-refractivity contribution is 5.97. The SMILES string of the molecule is CCCCCC(=O)Nc1ccc(C(=O)N(CC(N)=O)Cc2ccccc2)cc1. The van der Waals surface area contributed by atoms with Crippen LogP contribution in [-0.4, -0.2) is 29.2 Å². The molecular formula is C22H27N3O3. The summed E-state index contributed by atoms with van der Waals surface area (Å²) < 4.78 is 0. The van der Waals surface area contributed by atoms with Crippen molar-refractivity contribution in [3.05, 3.63) is 65.7 Å². The van der Waals surface area contributed by atoms with E-state index in [1.807, 2.05) is 30.3 Å². The largest absolute Gasteiger partial charge is 0.368 e. The molecule has 28 heavy (non-hydrogen) atoms. The molecular weight excluding hydrogens is 354 g/mol. The Morgan fingerprint density at radius 2 is 1.64 bits per heavy atom. The van der Waals surface area contributed by atoms with E-state index >= 15 is 0 Å². The maximum absolute atomic E-state index is 12.8. The second kappa shape index (κ2) is 10.9. The van der Waals surface area contributed by atoms with Crippen LogP contribution in [0.3, 0.4) is 0 Å². The summed E-state index contributed by atoms with van der Waals surface area (Å²) >= 11 is 0. The normalized spacial score (nSPS) is 10.3. The highest BCUT2D eigenvalue weighted by Gasteiger charge is 2.18. The molecule has 0 unspecified atom stereocenters. The minimum Gasteiger partial charge on any atom is -0.368 e. The molecule has 6 nitrogen and oxygen atoms in total. The number of hydrogen-bond acceptors (Lipinski definition) is 3. The first-order valence-corrected chi connectivity index (χ1v) is 9.51. The Hall–Kier alpha value is -3.15. The molecule has 0 radical (unpaired) electrons. The first-order valence-electron chi connectivity index (χ1n) is 9.51. The lowest BCUT2D eigenvalue weighted by atomic mass is 10.1. The van der Waals surface area contributed by atoms with Gasteiger partial charge in [0.05, 0.1) is 6.54 Å². The number of anilines is 1. The van der Waals surface area contributed by atoms with E-state index in [-0.39, 0.29) is 18.4 Å². The van der Waals surface area contributed by atoms with Gasteiger partial charge in [-0.15, -0.1) is 0 Å². The van der Waals surface area contributed by atoms with Gasteiger partial charge in [0.15, 0.2) is 0 Å². The molecule has 0 heterocycles. The summed E-state index contributed by atoms with van der Waals surface area (Å²) in [7, 11) is 0. The molecule has 0 aliphatic heterocycles. The summed E-state index contributed by atoms with van der Waals surface area (Å²) in [6.45, 7) is 2.22. The van der Waals surface area contributed by atoms with Gasteiger partial charge in [0.1, 0.15) is 0 Å². The minimum atomic E-state index is -0.569. The number of unbranched alkanes of at least 4 members (excludes halogenated alkanes) is 2. The first-order chi connectivity index (χ1) is 13.5. The van der Waals surface area contributed by atoms with E-state index in [4.69, 9.17) is 5.73 Å². The number of amides is 3. The van der Waals surface area contributed by atoms with Crippen LogP contribution in [-0.2, 0) is 16.1 Å². The third kappa shape index (κ3) is 6.87. The number of rotatable bonds is 10. The number of carbonyl (C=O) groups is 3. The lowest BCUT2D eigenvalue weighted by molar-refractivity contribution is -0.119. The molecule has 0 saturated carbocycles. The molecule has 0 atom stereocenters. The van der Waals surface area contributed by atoms with Crippen molar-refractivity contribution in [2.24, 2.45) is 5.73 Å². The van der Waals surface area contributed by atoms with Gasteiger partial charge in [-0.05, 0) is 36.2 Å². The molecule has 6 heteroatoms. The lowest BCUT2D eigenvalue weighted by Gasteiger charge is -2.21. The molecule has 0 aliphatic rings. The summed E-state index contributed by atoms with van der Waals surface area (Å²) in [5.41, 5.74) is 7.29. The molecule has 148 valence electrons. The average Bonchev–Trinajstić information content (AvgIpc) is 2.68. The van der Waals surface area contributed by atoms with Crippen LogP contribution in [0.5, 0.6) is 0 Å². The zero-order chi connectivity index (χ0) is 20.4. The van der Waals surface area contributed by atoms with Crippen LogP contribution in [0, 0.1) is 0 Å². The van der Waals surface area contributed by atoms with Crippen LogP contribution in [0.1, 0.15) is 48.5 Å². The van der Waals surface area contributed by atoms with E-state index in [1.165, 1.54) is 4.90 Å². The maximum Gasteiger partial charge on any atom is 0.254 e.